The Morgan fingerprint density at radius 2 is 1.54 bits per heavy atom. The van der Waals surface area contributed by atoms with E-state index in [1.807, 2.05) is 6.20 Å². The van der Waals surface area contributed by atoms with Crippen LogP contribution in [0.3, 0.4) is 0 Å². The fourth-order valence-electron chi connectivity index (χ4n) is 3.85. The van der Waals surface area contributed by atoms with Crippen molar-refractivity contribution in [1.82, 2.24) is 9.55 Å². The molecule has 1 atom stereocenters. The lowest BCUT2D eigenvalue weighted by Crippen LogP contribution is -2.10. The fraction of sp³-hybridized carbons (Fsp3) is 0.192. The average molecular weight is 367 g/mol. The zero-order chi connectivity index (χ0) is 19.5. The lowest BCUT2D eigenvalue weighted by molar-refractivity contribution is 0.687. The first-order valence-electron chi connectivity index (χ1n) is 9.85. The highest BCUT2D eigenvalue weighted by Gasteiger charge is 2.17. The molecule has 0 saturated heterocycles. The molecule has 0 aliphatic carbocycles. The summed E-state index contributed by atoms with van der Waals surface area (Å²) in [5.41, 5.74) is 7.83. The number of benzene rings is 3. The number of aryl methyl sites for hydroxylation is 1. The van der Waals surface area contributed by atoms with E-state index < -0.39 is 0 Å². The predicted octanol–water partition coefficient (Wildman–Crippen LogP) is 6.37. The van der Waals surface area contributed by atoms with Gasteiger partial charge in [-0.1, -0.05) is 79.7 Å². The van der Waals surface area contributed by atoms with Gasteiger partial charge in [0.05, 0.1) is 0 Å². The molecule has 0 N–H and O–H groups in total. The zero-order valence-electron chi connectivity index (χ0n) is 16.8. The van der Waals surface area contributed by atoms with E-state index in [1.54, 1.807) is 0 Å². The SMILES string of the molecule is Cc1cccc([C@H](C)c2nccn2Cc2ccc(-c3ccccc3)cc2)c1C. The summed E-state index contributed by atoms with van der Waals surface area (Å²) in [7, 11) is 0. The van der Waals surface area contributed by atoms with Crippen molar-refractivity contribution in [2.24, 2.45) is 0 Å². The Hall–Kier alpha value is -3.13. The molecular weight excluding hydrogens is 340 g/mol. The smallest absolute Gasteiger partial charge is 0.116 e. The van der Waals surface area contributed by atoms with Gasteiger partial charge in [0.25, 0.3) is 0 Å². The number of rotatable bonds is 5. The number of hydrogen-bond acceptors (Lipinski definition) is 1. The summed E-state index contributed by atoms with van der Waals surface area (Å²) >= 11 is 0. The van der Waals surface area contributed by atoms with E-state index in [9.17, 15) is 0 Å². The molecule has 3 aromatic carbocycles. The van der Waals surface area contributed by atoms with Gasteiger partial charge in [-0.3, -0.25) is 0 Å². The van der Waals surface area contributed by atoms with Gasteiger partial charge in [0.15, 0.2) is 0 Å². The summed E-state index contributed by atoms with van der Waals surface area (Å²) in [6.45, 7) is 7.46. The quantitative estimate of drug-likeness (QED) is 0.401. The van der Waals surface area contributed by atoms with Gasteiger partial charge in [-0.25, -0.2) is 4.98 Å². The summed E-state index contributed by atoms with van der Waals surface area (Å²) in [6.07, 6.45) is 4.00. The topological polar surface area (TPSA) is 17.8 Å². The summed E-state index contributed by atoms with van der Waals surface area (Å²) < 4.78 is 2.27. The standard InChI is InChI=1S/C26H26N2/c1-19-8-7-11-25(20(19)2)21(3)26-27-16-17-28(26)18-22-12-14-24(15-13-22)23-9-5-4-6-10-23/h4-17,21H,18H2,1-3H3/t21-/m0/s1. The molecule has 140 valence electrons. The first-order chi connectivity index (χ1) is 13.6. The van der Waals surface area contributed by atoms with Crippen molar-refractivity contribution in [3.8, 4) is 11.1 Å². The molecule has 0 aliphatic heterocycles. The van der Waals surface area contributed by atoms with Gasteiger partial charge in [0.2, 0.25) is 0 Å². The third-order valence-electron chi connectivity index (χ3n) is 5.66. The van der Waals surface area contributed by atoms with E-state index in [0.717, 1.165) is 12.4 Å². The molecule has 0 bridgehead atoms. The first kappa shape index (κ1) is 18.2. The highest BCUT2D eigenvalue weighted by atomic mass is 15.1. The average Bonchev–Trinajstić information content (AvgIpc) is 3.19. The van der Waals surface area contributed by atoms with Crippen LogP contribution in [0.2, 0.25) is 0 Å². The Kier molecular flexibility index (Phi) is 5.12. The second-order valence-electron chi connectivity index (χ2n) is 7.49. The largest absolute Gasteiger partial charge is 0.330 e. The van der Waals surface area contributed by atoms with Crippen LogP contribution >= 0.6 is 0 Å². The van der Waals surface area contributed by atoms with E-state index in [-0.39, 0.29) is 5.92 Å². The van der Waals surface area contributed by atoms with E-state index in [2.05, 4.69) is 109 Å². The molecule has 0 aliphatic rings. The van der Waals surface area contributed by atoms with Crippen molar-refractivity contribution in [3.63, 3.8) is 0 Å². The van der Waals surface area contributed by atoms with E-state index in [4.69, 9.17) is 0 Å². The van der Waals surface area contributed by atoms with Crippen molar-refractivity contribution in [2.75, 3.05) is 0 Å². The minimum absolute atomic E-state index is 0.262. The van der Waals surface area contributed by atoms with Gasteiger partial charge in [-0.15, -0.1) is 0 Å². The van der Waals surface area contributed by atoms with Crippen molar-refractivity contribution >= 4 is 0 Å². The molecule has 4 aromatic rings. The molecule has 4 rings (SSSR count). The van der Waals surface area contributed by atoms with Crippen molar-refractivity contribution < 1.29 is 0 Å². The lowest BCUT2D eigenvalue weighted by Gasteiger charge is -2.18. The highest BCUT2D eigenvalue weighted by molar-refractivity contribution is 5.63. The number of aromatic nitrogens is 2. The zero-order valence-corrected chi connectivity index (χ0v) is 16.8. The molecule has 2 heteroatoms. The van der Waals surface area contributed by atoms with Gasteiger partial charge in [0, 0.05) is 24.9 Å². The highest BCUT2D eigenvalue weighted by Crippen LogP contribution is 2.28. The second-order valence-corrected chi connectivity index (χ2v) is 7.49. The molecule has 0 spiro atoms. The lowest BCUT2D eigenvalue weighted by atomic mass is 9.93. The summed E-state index contributed by atoms with van der Waals surface area (Å²) in [5, 5.41) is 0. The molecular formula is C26H26N2. The third-order valence-corrected chi connectivity index (χ3v) is 5.66. The summed E-state index contributed by atoms with van der Waals surface area (Å²) in [4.78, 5) is 4.69. The van der Waals surface area contributed by atoms with Crippen molar-refractivity contribution in [2.45, 2.75) is 33.2 Å². The maximum absolute atomic E-state index is 4.69. The van der Waals surface area contributed by atoms with Crippen LogP contribution in [0.1, 0.15) is 40.9 Å². The molecule has 28 heavy (non-hydrogen) atoms. The molecule has 0 unspecified atom stereocenters. The molecule has 1 heterocycles. The molecule has 0 amide bonds. The second kappa shape index (κ2) is 7.85. The number of nitrogens with zero attached hydrogens (tertiary/aromatic N) is 2. The summed E-state index contributed by atoms with van der Waals surface area (Å²) in [6, 6.07) is 25.9. The van der Waals surface area contributed by atoms with Gasteiger partial charge >= 0.3 is 0 Å². The Bertz CT molecular complexity index is 1060. The normalized spacial score (nSPS) is 12.1. The van der Waals surface area contributed by atoms with Crippen LogP contribution in [0, 0.1) is 13.8 Å². The monoisotopic (exact) mass is 366 g/mol. The van der Waals surface area contributed by atoms with Crippen LogP contribution in [0.5, 0.6) is 0 Å². The van der Waals surface area contributed by atoms with Gasteiger partial charge in [-0.2, -0.15) is 0 Å². The first-order valence-corrected chi connectivity index (χ1v) is 9.85. The number of hydrogen-bond donors (Lipinski definition) is 0. The van der Waals surface area contributed by atoms with Crippen molar-refractivity contribution in [1.29, 1.82) is 0 Å². The fourth-order valence-corrected chi connectivity index (χ4v) is 3.85. The van der Waals surface area contributed by atoms with Crippen LogP contribution < -0.4 is 0 Å². The predicted molar refractivity (Wildman–Crippen MR) is 117 cm³/mol. The molecule has 0 saturated carbocycles. The molecule has 2 nitrogen and oxygen atoms in total. The Morgan fingerprint density at radius 1 is 0.821 bits per heavy atom. The van der Waals surface area contributed by atoms with Gasteiger partial charge in [0.1, 0.15) is 5.82 Å². The molecule has 1 aromatic heterocycles. The molecule has 0 fully saturated rings. The van der Waals surface area contributed by atoms with Gasteiger partial charge < -0.3 is 4.57 Å². The maximum Gasteiger partial charge on any atom is 0.116 e. The van der Waals surface area contributed by atoms with Crippen LogP contribution in [0.15, 0.2) is 85.2 Å². The van der Waals surface area contributed by atoms with Gasteiger partial charge in [-0.05, 0) is 47.2 Å². The Balaban J connectivity index is 1.57. The number of imidazole rings is 1. The minimum Gasteiger partial charge on any atom is -0.330 e. The van der Waals surface area contributed by atoms with Crippen LogP contribution in [0.25, 0.3) is 11.1 Å². The van der Waals surface area contributed by atoms with Crippen LogP contribution in [0.4, 0.5) is 0 Å². The van der Waals surface area contributed by atoms with E-state index in [0.29, 0.717) is 0 Å². The Morgan fingerprint density at radius 3 is 2.29 bits per heavy atom. The van der Waals surface area contributed by atoms with Crippen molar-refractivity contribution in [3.05, 3.63) is 113 Å². The van der Waals surface area contributed by atoms with Crippen LogP contribution in [-0.4, -0.2) is 9.55 Å². The van der Waals surface area contributed by atoms with Crippen LogP contribution in [-0.2, 0) is 6.54 Å². The minimum atomic E-state index is 0.262. The Labute approximate surface area is 167 Å². The summed E-state index contributed by atoms with van der Waals surface area (Å²) in [5.74, 6) is 1.37. The van der Waals surface area contributed by atoms with E-state index in [1.165, 1.54) is 33.4 Å². The third kappa shape index (κ3) is 3.63. The molecule has 0 radical (unpaired) electrons. The maximum atomic E-state index is 4.69. The van der Waals surface area contributed by atoms with E-state index >= 15 is 0 Å².